The standard InChI is InChI=1S/C8H7NO5/c10-3-4-1-5(7(11)12)6(8(13)14)9-2-4/h1-2,10H,3H2,(H,11,12)(H,13,14). The second-order valence-corrected chi connectivity index (χ2v) is 2.51. The zero-order valence-corrected chi connectivity index (χ0v) is 6.97. The SMILES string of the molecule is O=C(O)c1cc(CO)cnc1C(=O)O. The number of nitrogens with zero attached hydrogens (tertiary/aromatic N) is 1. The van der Waals surface area contributed by atoms with Crippen LogP contribution >= 0.6 is 0 Å². The first-order valence-corrected chi connectivity index (χ1v) is 3.62. The summed E-state index contributed by atoms with van der Waals surface area (Å²) in [7, 11) is 0. The third-order valence-corrected chi connectivity index (χ3v) is 1.56. The van der Waals surface area contributed by atoms with Gasteiger partial charge in [0.05, 0.1) is 12.2 Å². The molecule has 0 amide bonds. The zero-order valence-electron chi connectivity index (χ0n) is 6.97. The van der Waals surface area contributed by atoms with E-state index in [1.165, 1.54) is 0 Å². The molecule has 0 saturated heterocycles. The minimum Gasteiger partial charge on any atom is -0.478 e. The van der Waals surface area contributed by atoms with E-state index in [9.17, 15) is 9.59 Å². The van der Waals surface area contributed by atoms with Gasteiger partial charge in [-0.2, -0.15) is 0 Å². The fraction of sp³-hybridized carbons (Fsp3) is 0.125. The van der Waals surface area contributed by atoms with Gasteiger partial charge in [-0.1, -0.05) is 0 Å². The van der Waals surface area contributed by atoms with Gasteiger partial charge in [0.2, 0.25) is 0 Å². The number of carbonyl (C=O) groups is 2. The maximum atomic E-state index is 10.6. The molecule has 0 aliphatic heterocycles. The minimum atomic E-state index is -1.41. The fourth-order valence-corrected chi connectivity index (χ4v) is 0.928. The van der Waals surface area contributed by atoms with Crippen LogP contribution in [0.2, 0.25) is 0 Å². The summed E-state index contributed by atoms with van der Waals surface area (Å²) in [6.07, 6.45) is 1.12. The van der Waals surface area contributed by atoms with E-state index in [0.29, 0.717) is 0 Å². The quantitative estimate of drug-likeness (QED) is 0.628. The van der Waals surface area contributed by atoms with Crippen LogP contribution in [-0.4, -0.2) is 32.2 Å². The summed E-state index contributed by atoms with van der Waals surface area (Å²) in [5.41, 5.74) is -0.703. The lowest BCUT2D eigenvalue weighted by molar-refractivity contribution is 0.0646. The number of rotatable bonds is 3. The molecule has 1 heterocycles. The van der Waals surface area contributed by atoms with Crippen molar-refractivity contribution in [2.45, 2.75) is 6.61 Å². The van der Waals surface area contributed by atoms with Crippen molar-refractivity contribution >= 4 is 11.9 Å². The first-order chi connectivity index (χ1) is 6.56. The number of aliphatic hydroxyl groups excluding tert-OH is 1. The molecule has 0 spiro atoms. The highest BCUT2D eigenvalue weighted by molar-refractivity contribution is 6.00. The maximum absolute atomic E-state index is 10.6. The smallest absolute Gasteiger partial charge is 0.355 e. The number of hydrogen-bond donors (Lipinski definition) is 3. The second-order valence-electron chi connectivity index (χ2n) is 2.51. The lowest BCUT2D eigenvalue weighted by atomic mass is 10.1. The summed E-state index contributed by atoms with van der Waals surface area (Å²) < 4.78 is 0. The van der Waals surface area contributed by atoms with Crippen molar-refractivity contribution in [1.82, 2.24) is 4.98 Å². The van der Waals surface area contributed by atoms with Crippen molar-refractivity contribution in [3.63, 3.8) is 0 Å². The Labute approximate surface area is 78.5 Å². The van der Waals surface area contributed by atoms with E-state index in [-0.39, 0.29) is 12.2 Å². The third-order valence-electron chi connectivity index (χ3n) is 1.56. The van der Waals surface area contributed by atoms with Crippen molar-refractivity contribution in [3.05, 3.63) is 29.1 Å². The van der Waals surface area contributed by atoms with Gasteiger partial charge in [0.25, 0.3) is 0 Å². The molecule has 0 aromatic carbocycles. The molecule has 6 heteroatoms. The number of aromatic carboxylic acids is 2. The summed E-state index contributed by atoms with van der Waals surface area (Å²) in [6, 6.07) is 1.08. The van der Waals surface area contributed by atoms with E-state index in [4.69, 9.17) is 15.3 Å². The number of carboxylic acids is 2. The highest BCUT2D eigenvalue weighted by atomic mass is 16.4. The minimum absolute atomic E-state index is 0.257. The Morgan fingerprint density at radius 1 is 1.29 bits per heavy atom. The Bertz CT molecular complexity index is 387. The monoisotopic (exact) mass is 197 g/mol. The Morgan fingerprint density at radius 2 is 1.93 bits per heavy atom. The normalized spacial score (nSPS) is 9.79. The van der Waals surface area contributed by atoms with E-state index in [2.05, 4.69) is 4.98 Å². The van der Waals surface area contributed by atoms with Crippen molar-refractivity contribution in [1.29, 1.82) is 0 Å². The molecular weight excluding hydrogens is 190 g/mol. The van der Waals surface area contributed by atoms with Crippen LogP contribution < -0.4 is 0 Å². The average molecular weight is 197 g/mol. The van der Waals surface area contributed by atoms with Crippen LogP contribution in [0.25, 0.3) is 0 Å². The highest BCUT2D eigenvalue weighted by Gasteiger charge is 2.17. The Kier molecular flexibility index (Phi) is 2.78. The van der Waals surface area contributed by atoms with Crippen molar-refractivity contribution in [3.8, 4) is 0 Å². The molecule has 14 heavy (non-hydrogen) atoms. The summed E-state index contributed by atoms with van der Waals surface area (Å²) in [5.74, 6) is -2.79. The van der Waals surface area contributed by atoms with Gasteiger partial charge in [-0.25, -0.2) is 14.6 Å². The van der Waals surface area contributed by atoms with E-state index in [0.717, 1.165) is 12.3 Å². The highest BCUT2D eigenvalue weighted by Crippen LogP contribution is 2.09. The van der Waals surface area contributed by atoms with Gasteiger partial charge in [-0.05, 0) is 11.6 Å². The Balaban J connectivity index is 3.31. The lowest BCUT2D eigenvalue weighted by Gasteiger charge is -2.01. The van der Waals surface area contributed by atoms with Gasteiger partial charge >= 0.3 is 11.9 Å². The van der Waals surface area contributed by atoms with Gasteiger partial charge < -0.3 is 15.3 Å². The first kappa shape index (κ1) is 10.1. The molecule has 3 N–H and O–H groups in total. The predicted octanol–water partition coefficient (Wildman–Crippen LogP) is -0.0297. The van der Waals surface area contributed by atoms with Crippen molar-refractivity contribution in [2.24, 2.45) is 0 Å². The summed E-state index contributed by atoms with van der Waals surface area (Å²) in [5, 5.41) is 25.9. The van der Waals surface area contributed by atoms with Crippen molar-refractivity contribution < 1.29 is 24.9 Å². The average Bonchev–Trinajstić information content (AvgIpc) is 2.16. The molecule has 6 nitrogen and oxygen atoms in total. The van der Waals surface area contributed by atoms with Crippen LogP contribution in [0.3, 0.4) is 0 Å². The predicted molar refractivity (Wildman–Crippen MR) is 44.1 cm³/mol. The topological polar surface area (TPSA) is 108 Å². The zero-order chi connectivity index (χ0) is 10.7. The molecule has 0 unspecified atom stereocenters. The molecule has 0 radical (unpaired) electrons. The molecule has 74 valence electrons. The van der Waals surface area contributed by atoms with E-state index < -0.39 is 23.2 Å². The molecule has 0 aliphatic carbocycles. The Hall–Kier alpha value is -1.95. The number of carboxylic acid groups (broad SMARTS) is 2. The Morgan fingerprint density at radius 3 is 2.36 bits per heavy atom. The van der Waals surface area contributed by atoms with Crippen LogP contribution in [-0.2, 0) is 6.61 Å². The second kappa shape index (κ2) is 3.84. The van der Waals surface area contributed by atoms with Gasteiger partial charge in [-0.15, -0.1) is 0 Å². The van der Waals surface area contributed by atoms with E-state index >= 15 is 0 Å². The van der Waals surface area contributed by atoms with Gasteiger partial charge in [0, 0.05) is 6.20 Å². The van der Waals surface area contributed by atoms with Gasteiger partial charge in [-0.3, -0.25) is 0 Å². The van der Waals surface area contributed by atoms with Crippen molar-refractivity contribution in [2.75, 3.05) is 0 Å². The number of aromatic nitrogens is 1. The van der Waals surface area contributed by atoms with Gasteiger partial charge in [0.15, 0.2) is 5.69 Å². The molecular formula is C8H7NO5. The number of pyridine rings is 1. The lowest BCUT2D eigenvalue weighted by Crippen LogP contribution is -2.11. The maximum Gasteiger partial charge on any atom is 0.355 e. The molecule has 0 atom stereocenters. The molecule has 0 fully saturated rings. The van der Waals surface area contributed by atoms with Gasteiger partial charge in [0.1, 0.15) is 0 Å². The summed E-state index contributed by atoms with van der Waals surface area (Å²) in [4.78, 5) is 24.6. The molecule has 0 bridgehead atoms. The molecule has 1 aromatic heterocycles. The van der Waals surface area contributed by atoms with Crippen LogP contribution in [0.4, 0.5) is 0 Å². The fourth-order valence-electron chi connectivity index (χ4n) is 0.928. The third kappa shape index (κ3) is 1.86. The van der Waals surface area contributed by atoms with Crippen LogP contribution in [0.15, 0.2) is 12.3 Å². The van der Waals surface area contributed by atoms with E-state index in [1.54, 1.807) is 0 Å². The molecule has 1 rings (SSSR count). The first-order valence-electron chi connectivity index (χ1n) is 3.62. The van der Waals surface area contributed by atoms with Crippen LogP contribution in [0.5, 0.6) is 0 Å². The molecule has 1 aromatic rings. The molecule has 0 aliphatic rings. The van der Waals surface area contributed by atoms with Crippen LogP contribution in [0, 0.1) is 0 Å². The van der Waals surface area contributed by atoms with E-state index in [1.807, 2.05) is 0 Å². The molecule has 0 saturated carbocycles. The number of aliphatic hydroxyl groups is 1. The van der Waals surface area contributed by atoms with Crippen LogP contribution in [0.1, 0.15) is 26.4 Å². The summed E-state index contributed by atoms with van der Waals surface area (Å²) in [6.45, 7) is -0.382. The number of hydrogen-bond acceptors (Lipinski definition) is 4. The summed E-state index contributed by atoms with van der Waals surface area (Å²) >= 11 is 0. The largest absolute Gasteiger partial charge is 0.478 e.